The molecule has 19 heavy (non-hydrogen) atoms. The number of allylic oxidation sites excluding steroid dienone is 1. The van der Waals surface area contributed by atoms with E-state index in [-0.39, 0.29) is 5.56 Å². The van der Waals surface area contributed by atoms with Gasteiger partial charge in [0, 0.05) is 6.08 Å². The fraction of sp³-hybridized carbons (Fsp3) is 0.308. The molecule has 0 heterocycles. The van der Waals surface area contributed by atoms with Crippen LogP contribution in [-0.4, -0.2) is 25.9 Å². The molecule has 0 aliphatic carbocycles. The molecule has 0 unspecified atom stereocenters. The summed E-state index contributed by atoms with van der Waals surface area (Å²) in [5.74, 6) is -0.591. The van der Waals surface area contributed by atoms with E-state index in [1.165, 1.54) is 24.3 Å². The molecule has 0 saturated heterocycles. The number of hydrogen-bond donors (Lipinski definition) is 0. The molecule has 0 spiro atoms. The smallest absolute Gasteiger partial charge is 0.417 e. The Morgan fingerprint density at radius 3 is 2.26 bits per heavy atom. The first-order chi connectivity index (χ1) is 8.88. The van der Waals surface area contributed by atoms with Gasteiger partial charge in [0.25, 0.3) is 0 Å². The van der Waals surface area contributed by atoms with Gasteiger partial charge in [0.2, 0.25) is 0 Å². The van der Waals surface area contributed by atoms with Gasteiger partial charge in [-0.25, -0.2) is 4.79 Å². The van der Waals surface area contributed by atoms with Crippen molar-refractivity contribution >= 4 is 11.5 Å². The molecular weight excluding hydrogens is 261 g/mol. The maximum Gasteiger partial charge on any atom is 0.417 e. The Labute approximate surface area is 108 Å². The first-order valence-corrected chi connectivity index (χ1v) is 5.48. The molecule has 0 atom stereocenters. The normalized spacial score (nSPS) is 12.2. The minimum Gasteiger partial charge on any atom is -0.494 e. The molecule has 6 heteroatoms. The summed E-state index contributed by atoms with van der Waals surface area (Å²) in [7, 11) is 1.02. The Kier molecular flexibility index (Phi) is 4.97. The van der Waals surface area contributed by atoms with Crippen LogP contribution in [0.25, 0.3) is 5.57 Å². The number of alkyl halides is 3. The number of methoxy groups -OCH3 is 1. The summed E-state index contributed by atoms with van der Waals surface area (Å²) < 4.78 is 47.9. The maximum absolute atomic E-state index is 12.8. The van der Waals surface area contributed by atoms with Gasteiger partial charge in [0.15, 0.2) is 0 Å². The fourth-order valence-corrected chi connectivity index (χ4v) is 1.40. The lowest BCUT2D eigenvalue weighted by Crippen LogP contribution is -2.13. The summed E-state index contributed by atoms with van der Waals surface area (Å²) in [5.41, 5.74) is -1.18. The van der Waals surface area contributed by atoms with Crippen molar-refractivity contribution in [1.82, 2.24) is 0 Å². The molecule has 0 N–H and O–H groups in total. The standard InChI is InChI=1S/C13H13F3O3/c1-3-19-10-6-4-9(5-7-10)11(13(14,15)16)8-12(17)18-2/h4-8H,3H2,1-2H3/b11-8+. The summed E-state index contributed by atoms with van der Waals surface area (Å²) in [5, 5.41) is 0. The molecule has 0 fully saturated rings. The van der Waals surface area contributed by atoms with Crippen molar-refractivity contribution in [2.45, 2.75) is 13.1 Å². The second kappa shape index (κ2) is 6.26. The number of hydrogen-bond acceptors (Lipinski definition) is 3. The van der Waals surface area contributed by atoms with Crippen LogP contribution in [0.1, 0.15) is 12.5 Å². The van der Waals surface area contributed by atoms with E-state index in [4.69, 9.17) is 4.74 Å². The summed E-state index contributed by atoms with van der Waals surface area (Å²) >= 11 is 0. The lowest BCUT2D eigenvalue weighted by molar-refractivity contribution is -0.135. The molecule has 0 radical (unpaired) electrons. The molecular formula is C13H13F3O3. The molecule has 0 saturated carbocycles. The largest absolute Gasteiger partial charge is 0.494 e. The molecule has 1 aromatic carbocycles. The van der Waals surface area contributed by atoms with Crippen molar-refractivity contribution in [3.63, 3.8) is 0 Å². The fourth-order valence-electron chi connectivity index (χ4n) is 1.40. The van der Waals surface area contributed by atoms with E-state index in [1.54, 1.807) is 6.92 Å². The van der Waals surface area contributed by atoms with Gasteiger partial charge in [-0.15, -0.1) is 0 Å². The second-order valence-electron chi connectivity index (χ2n) is 3.54. The van der Waals surface area contributed by atoms with Crippen LogP contribution in [0.4, 0.5) is 13.2 Å². The van der Waals surface area contributed by atoms with Crippen molar-refractivity contribution < 1.29 is 27.4 Å². The Morgan fingerprint density at radius 2 is 1.84 bits per heavy atom. The number of benzene rings is 1. The van der Waals surface area contributed by atoms with Gasteiger partial charge in [-0.05, 0) is 24.6 Å². The lowest BCUT2D eigenvalue weighted by Gasteiger charge is -2.12. The first-order valence-electron chi connectivity index (χ1n) is 5.48. The van der Waals surface area contributed by atoms with Crippen LogP contribution >= 0.6 is 0 Å². The van der Waals surface area contributed by atoms with Crippen molar-refractivity contribution in [3.05, 3.63) is 35.9 Å². The van der Waals surface area contributed by atoms with E-state index in [2.05, 4.69) is 4.74 Å². The zero-order chi connectivity index (χ0) is 14.5. The molecule has 104 valence electrons. The van der Waals surface area contributed by atoms with Crippen LogP contribution in [0.3, 0.4) is 0 Å². The number of carbonyl (C=O) groups is 1. The van der Waals surface area contributed by atoms with Crippen molar-refractivity contribution in [2.24, 2.45) is 0 Å². The highest BCUT2D eigenvalue weighted by Crippen LogP contribution is 2.34. The average Bonchev–Trinajstić information content (AvgIpc) is 2.36. The highest BCUT2D eigenvalue weighted by atomic mass is 19.4. The van der Waals surface area contributed by atoms with Gasteiger partial charge < -0.3 is 9.47 Å². The van der Waals surface area contributed by atoms with Crippen LogP contribution in [-0.2, 0) is 9.53 Å². The molecule has 1 aromatic rings. The van der Waals surface area contributed by atoms with Crippen LogP contribution in [0.2, 0.25) is 0 Å². The summed E-state index contributed by atoms with van der Waals surface area (Å²) in [4.78, 5) is 11.0. The Morgan fingerprint density at radius 1 is 1.26 bits per heavy atom. The number of esters is 1. The van der Waals surface area contributed by atoms with E-state index in [9.17, 15) is 18.0 Å². The summed E-state index contributed by atoms with van der Waals surface area (Å²) in [6, 6.07) is 5.31. The average molecular weight is 274 g/mol. The summed E-state index contributed by atoms with van der Waals surface area (Å²) in [6.07, 6.45) is -4.21. The number of halogens is 3. The zero-order valence-corrected chi connectivity index (χ0v) is 10.5. The molecule has 0 bridgehead atoms. The molecule has 0 aliphatic heterocycles. The highest BCUT2D eigenvalue weighted by Gasteiger charge is 2.35. The van der Waals surface area contributed by atoms with E-state index >= 15 is 0 Å². The van der Waals surface area contributed by atoms with Gasteiger partial charge in [0.05, 0.1) is 19.3 Å². The third kappa shape index (κ3) is 4.31. The predicted molar refractivity (Wildman–Crippen MR) is 63.7 cm³/mol. The van der Waals surface area contributed by atoms with E-state index < -0.39 is 17.7 Å². The Bertz CT molecular complexity index is 461. The number of ether oxygens (including phenoxy) is 2. The van der Waals surface area contributed by atoms with E-state index in [1.807, 2.05) is 0 Å². The quantitative estimate of drug-likeness (QED) is 0.624. The minimum atomic E-state index is -4.64. The monoisotopic (exact) mass is 274 g/mol. The van der Waals surface area contributed by atoms with Gasteiger partial charge in [-0.2, -0.15) is 13.2 Å². The van der Waals surface area contributed by atoms with E-state index in [0.717, 1.165) is 7.11 Å². The molecule has 0 amide bonds. The summed E-state index contributed by atoms with van der Waals surface area (Å²) in [6.45, 7) is 2.19. The SMILES string of the molecule is CCOc1ccc(/C(=C\C(=O)OC)C(F)(F)F)cc1. The van der Waals surface area contributed by atoms with Gasteiger partial charge in [0.1, 0.15) is 5.75 Å². The van der Waals surface area contributed by atoms with Crippen LogP contribution in [0.15, 0.2) is 30.3 Å². The lowest BCUT2D eigenvalue weighted by atomic mass is 10.1. The van der Waals surface area contributed by atoms with Crippen molar-refractivity contribution in [1.29, 1.82) is 0 Å². The van der Waals surface area contributed by atoms with Crippen molar-refractivity contribution in [2.75, 3.05) is 13.7 Å². The van der Waals surface area contributed by atoms with Crippen LogP contribution in [0.5, 0.6) is 5.75 Å². The molecule has 1 rings (SSSR count). The van der Waals surface area contributed by atoms with E-state index in [0.29, 0.717) is 18.4 Å². The number of rotatable bonds is 4. The topological polar surface area (TPSA) is 35.5 Å². The zero-order valence-electron chi connectivity index (χ0n) is 10.5. The molecule has 3 nitrogen and oxygen atoms in total. The first kappa shape index (κ1) is 15.1. The molecule has 0 aliphatic rings. The third-order valence-corrected chi connectivity index (χ3v) is 2.25. The van der Waals surface area contributed by atoms with Crippen molar-refractivity contribution in [3.8, 4) is 5.75 Å². The Balaban J connectivity index is 3.12. The maximum atomic E-state index is 12.8. The van der Waals surface area contributed by atoms with Gasteiger partial charge in [-0.1, -0.05) is 12.1 Å². The number of carbonyl (C=O) groups excluding carboxylic acids is 1. The second-order valence-corrected chi connectivity index (χ2v) is 3.54. The van der Waals surface area contributed by atoms with Gasteiger partial charge in [-0.3, -0.25) is 0 Å². The molecule has 0 aromatic heterocycles. The van der Waals surface area contributed by atoms with Crippen LogP contribution in [0, 0.1) is 0 Å². The Hall–Kier alpha value is -1.98. The predicted octanol–water partition coefficient (Wildman–Crippen LogP) is 3.20. The third-order valence-electron chi connectivity index (χ3n) is 2.25. The minimum absolute atomic E-state index is 0.124. The van der Waals surface area contributed by atoms with Crippen LogP contribution < -0.4 is 4.74 Å². The van der Waals surface area contributed by atoms with Gasteiger partial charge >= 0.3 is 12.1 Å². The highest BCUT2D eigenvalue weighted by molar-refractivity contribution is 5.92.